The number of Topliss-reactive ketones (excluding diaryl/α,β-unsaturated/α-hetero) is 1. The molecule has 0 saturated carbocycles. The number of β-lactam (4-membered cyclic amide) rings is 1. The molecule has 1 fully saturated rings. The Labute approximate surface area is 187 Å². The summed E-state index contributed by atoms with van der Waals surface area (Å²) >= 11 is 0. The Morgan fingerprint density at radius 2 is 1.41 bits per heavy atom. The molecule has 4 nitrogen and oxygen atoms in total. The number of rotatable bonds is 4. The maximum atomic E-state index is 12.9. The largest absolute Gasteiger partial charge is 0.508 e. The fourth-order valence-electron chi connectivity index (χ4n) is 3.15. The zero-order valence-electron chi connectivity index (χ0n) is 18.4. The summed E-state index contributed by atoms with van der Waals surface area (Å²) in [6, 6.07) is 18.2. The SMILES string of the molecule is CC.CCC(=O)c1ccc(F)cc1.O=C1CC(c2ccc(O)cc2)N1c1ccc(F)cc1. The van der Waals surface area contributed by atoms with Gasteiger partial charge < -0.3 is 10.0 Å². The second-order valence-corrected chi connectivity index (χ2v) is 6.84. The topological polar surface area (TPSA) is 57.6 Å². The van der Waals surface area contributed by atoms with Gasteiger partial charge in [0.2, 0.25) is 5.91 Å². The molecule has 0 aromatic heterocycles. The van der Waals surface area contributed by atoms with Gasteiger partial charge in [-0.3, -0.25) is 9.59 Å². The molecule has 1 aliphatic heterocycles. The molecule has 0 aliphatic carbocycles. The molecule has 1 heterocycles. The van der Waals surface area contributed by atoms with Crippen molar-refractivity contribution < 1.29 is 23.5 Å². The number of phenols is 1. The van der Waals surface area contributed by atoms with E-state index in [4.69, 9.17) is 0 Å². The first-order chi connectivity index (χ1) is 15.4. The van der Waals surface area contributed by atoms with Crippen molar-refractivity contribution in [3.63, 3.8) is 0 Å². The number of hydrogen-bond acceptors (Lipinski definition) is 3. The number of amides is 1. The van der Waals surface area contributed by atoms with E-state index in [1.807, 2.05) is 13.8 Å². The summed E-state index contributed by atoms with van der Waals surface area (Å²) in [5, 5.41) is 9.27. The van der Waals surface area contributed by atoms with Crippen LogP contribution in [0.1, 0.15) is 55.6 Å². The number of ketones is 1. The molecule has 1 N–H and O–H groups in total. The summed E-state index contributed by atoms with van der Waals surface area (Å²) in [6.07, 6.45) is 0.897. The van der Waals surface area contributed by atoms with Crippen molar-refractivity contribution in [1.82, 2.24) is 0 Å². The number of benzene rings is 3. The monoisotopic (exact) mass is 439 g/mol. The second kappa shape index (κ2) is 11.7. The van der Waals surface area contributed by atoms with Crippen molar-refractivity contribution in [1.29, 1.82) is 0 Å². The molecule has 32 heavy (non-hydrogen) atoms. The summed E-state index contributed by atoms with van der Waals surface area (Å²) < 4.78 is 25.2. The Bertz CT molecular complexity index is 1020. The van der Waals surface area contributed by atoms with Crippen LogP contribution in [0, 0.1) is 11.6 Å². The van der Waals surface area contributed by atoms with Crippen LogP contribution in [0.25, 0.3) is 0 Å². The van der Waals surface area contributed by atoms with E-state index in [9.17, 15) is 23.5 Å². The predicted octanol–water partition coefficient (Wildman–Crippen LogP) is 6.45. The van der Waals surface area contributed by atoms with Crippen molar-refractivity contribution in [2.75, 3.05) is 4.90 Å². The highest BCUT2D eigenvalue weighted by atomic mass is 19.1. The van der Waals surface area contributed by atoms with E-state index in [1.165, 1.54) is 36.4 Å². The van der Waals surface area contributed by atoms with Crippen LogP contribution in [-0.4, -0.2) is 16.8 Å². The Balaban J connectivity index is 0.000000239. The Hall–Kier alpha value is -3.54. The van der Waals surface area contributed by atoms with E-state index < -0.39 is 0 Å². The molecular formula is C26H27F2NO3. The highest BCUT2D eigenvalue weighted by molar-refractivity contribution is 6.01. The molecule has 3 aromatic carbocycles. The number of hydrogen-bond donors (Lipinski definition) is 1. The standard InChI is InChI=1S/C15H12FNO2.C9H9FO.C2H6/c16-11-3-5-12(6-4-11)17-14(9-15(17)19)10-1-7-13(18)8-2-10;1-2-9(11)7-3-5-8(10)6-4-7;1-2/h1-8,14,18H,9H2;3-6H,2H2,1H3;1-2H3. The minimum atomic E-state index is -0.321. The van der Waals surface area contributed by atoms with Crippen molar-refractivity contribution in [2.45, 2.75) is 39.7 Å². The summed E-state index contributed by atoms with van der Waals surface area (Å²) in [4.78, 5) is 24.4. The van der Waals surface area contributed by atoms with Gasteiger partial charge in [-0.2, -0.15) is 0 Å². The molecule has 0 radical (unpaired) electrons. The second-order valence-electron chi connectivity index (χ2n) is 6.84. The zero-order chi connectivity index (χ0) is 23.7. The molecule has 6 heteroatoms. The van der Waals surface area contributed by atoms with E-state index in [1.54, 1.807) is 48.2 Å². The summed E-state index contributed by atoms with van der Waals surface area (Å²) in [6.45, 7) is 5.78. The van der Waals surface area contributed by atoms with Crippen molar-refractivity contribution in [3.05, 3.63) is 95.6 Å². The van der Waals surface area contributed by atoms with Crippen LogP contribution >= 0.6 is 0 Å². The average molecular weight is 440 g/mol. The highest BCUT2D eigenvalue weighted by Crippen LogP contribution is 2.39. The third kappa shape index (κ3) is 6.23. The lowest BCUT2D eigenvalue weighted by molar-refractivity contribution is -0.124. The van der Waals surface area contributed by atoms with Gasteiger partial charge in [0.05, 0.1) is 12.5 Å². The van der Waals surface area contributed by atoms with Gasteiger partial charge in [-0.15, -0.1) is 0 Å². The Kier molecular flexibility index (Phi) is 9.08. The minimum Gasteiger partial charge on any atom is -0.508 e. The summed E-state index contributed by atoms with van der Waals surface area (Å²) in [7, 11) is 0. The van der Waals surface area contributed by atoms with Gasteiger partial charge >= 0.3 is 0 Å². The maximum absolute atomic E-state index is 12.9. The lowest BCUT2D eigenvalue weighted by Crippen LogP contribution is -2.46. The molecule has 0 spiro atoms. The molecule has 1 atom stereocenters. The fraction of sp³-hybridized carbons (Fsp3) is 0.231. The summed E-state index contributed by atoms with van der Waals surface area (Å²) in [5.41, 5.74) is 2.23. The number of phenolic OH excluding ortho intramolecular Hbond substituents is 1. The highest BCUT2D eigenvalue weighted by Gasteiger charge is 2.38. The Morgan fingerprint density at radius 3 is 1.88 bits per heavy atom. The molecular weight excluding hydrogens is 412 g/mol. The van der Waals surface area contributed by atoms with Gasteiger partial charge in [-0.1, -0.05) is 32.9 Å². The van der Waals surface area contributed by atoms with Crippen LogP contribution in [0.3, 0.4) is 0 Å². The number of carbonyl (C=O) groups excluding carboxylic acids is 2. The van der Waals surface area contributed by atoms with E-state index in [0.717, 1.165) is 5.56 Å². The van der Waals surface area contributed by atoms with Gasteiger partial charge in [0, 0.05) is 17.7 Å². The van der Waals surface area contributed by atoms with Crippen LogP contribution in [0.4, 0.5) is 14.5 Å². The van der Waals surface area contributed by atoms with Crippen LogP contribution in [0.15, 0.2) is 72.8 Å². The predicted molar refractivity (Wildman–Crippen MR) is 122 cm³/mol. The molecule has 3 aromatic rings. The third-order valence-electron chi connectivity index (χ3n) is 4.82. The van der Waals surface area contributed by atoms with Gasteiger partial charge in [-0.05, 0) is 66.2 Å². The van der Waals surface area contributed by atoms with E-state index in [0.29, 0.717) is 24.1 Å². The van der Waals surface area contributed by atoms with Gasteiger partial charge in [0.25, 0.3) is 0 Å². The van der Waals surface area contributed by atoms with Crippen molar-refractivity contribution >= 4 is 17.4 Å². The fourth-order valence-corrected chi connectivity index (χ4v) is 3.15. The lowest BCUT2D eigenvalue weighted by atomic mass is 9.93. The maximum Gasteiger partial charge on any atom is 0.230 e. The normalized spacial score (nSPS) is 14.3. The summed E-state index contributed by atoms with van der Waals surface area (Å²) in [5.74, 6) is -0.368. The molecule has 1 aliphatic rings. The number of aromatic hydroxyl groups is 1. The quantitative estimate of drug-likeness (QED) is 0.375. The number of carbonyl (C=O) groups is 2. The molecule has 168 valence electrons. The first-order valence-electron chi connectivity index (χ1n) is 10.5. The van der Waals surface area contributed by atoms with E-state index in [-0.39, 0.29) is 35.1 Å². The third-order valence-corrected chi connectivity index (χ3v) is 4.82. The van der Waals surface area contributed by atoms with Gasteiger partial charge in [0.15, 0.2) is 5.78 Å². The minimum absolute atomic E-state index is 0.0182. The molecule has 1 unspecified atom stereocenters. The molecule has 1 saturated heterocycles. The molecule has 0 bridgehead atoms. The lowest BCUT2D eigenvalue weighted by Gasteiger charge is -2.40. The van der Waals surface area contributed by atoms with Crippen LogP contribution in [0.2, 0.25) is 0 Å². The first-order valence-corrected chi connectivity index (χ1v) is 10.5. The van der Waals surface area contributed by atoms with Crippen molar-refractivity contribution in [2.24, 2.45) is 0 Å². The number of halogens is 2. The van der Waals surface area contributed by atoms with Crippen LogP contribution in [-0.2, 0) is 4.79 Å². The van der Waals surface area contributed by atoms with E-state index in [2.05, 4.69) is 0 Å². The van der Waals surface area contributed by atoms with Crippen molar-refractivity contribution in [3.8, 4) is 5.75 Å². The number of nitrogens with zero attached hydrogens (tertiary/aromatic N) is 1. The smallest absolute Gasteiger partial charge is 0.230 e. The zero-order valence-corrected chi connectivity index (χ0v) is 18.4. The van der Waals surface area contributed by atoms with Gasteiger partial charge in [0.1, 0.15) is 17.4 Å². The Morgan fingerprint density at radius 1 is 0.906 bits per heavy atom. The first kappa shape index (κ1) is 24.7. The molecule has 1 amide bonds. The molecule has 4 rings (SSSR count). The van der Waals surface area contributed by atoms with Gasteiger partial charge in [-0.25, -0.2) is 8.78 Å². The average Bonchev–Trinajstić information content (AvgIpc) is 2.81. The van der Waals surface area contributed by atoms with E-state index >= 15 is 0 Å². The van der Waals surface area contributed by atoms with Crippen LogP contribution < -0.4 is 4.90 Å². The number of anilines is 1. The van der Waals surface area contributed by atoms with Crippen LogP contribution in [0.5, 0.6) is 5.75 Å².